The van der Waals surface area contributed by atoms with Crippen molar-refractivity contribution in [2.45, 2.75) is 4.90 Å². The summed E-state index contributed by atoms with van der Waals surface area (Å²) >= 11 is 0. The van der Waals surface area contributed by atoms with E-state index in [4.69, 9.17) is 15.4 Å². The number of halogens is 2. The highest BCUT2D eigenvalue weighted by Gasteiger charge is 2.16. The molecule has 0 spiro atoms. The molecule has 0 N–H and O–H groups in total. The third kappa shape index (κ3) is 2.88. The molecule has 0 unspecified atom stereocenters. The lowest BCUT2D eigenvalue weighted by Gasteiger charge is -2.10. The van der Waals surface area contributed by atoms with E-state index in [2.05, 4.69) is 0 Å². The zero-order chi connectivity index (χ0) is 14.0. The van der Waals surface area contributed by atoms with Gasteiger partial charge >= 0.3 is 0 Å². The molecule has 0 saturated heterocycles. The van der Waals surface area contributed by atoms with Crippen LogP contribution in [0.5, 0.6) is 5.75 Å². The lowest BCUT2D eigenvalue weighted by Crippen LogP contribution is -1.95. The van der Waals surface area contributed by atoms with Gasteiger partial charge in [0.15, 0.2) is 0 Å². The summed E-state index contributed by atoms with van der Waals surface area (Å²) in [5.74, 6) is -0.0981. The summed E-state index contributed by atoms with van der Waals surface area (Å²) in [6.45, 7) is 0. The summed E-state index contributed by atoms with van der Waals surface area (Å²) in [5.41, 5.74) is 0.587. The maximum Gasteiger partial charge on any atom is 0.261 e. The molecule has 0 aliphatic rings. The van der Waals surface area contributed by atoms with Gasteiger partial charge in [0.1, 0.15) is 11.6 Å². The van der Waals surface area contributed by atoms with Crippen LogP contribution in [0.3, 0.4) is 0 Å². The van der Waals surface area contributed by atoms with Crippen LogP contribution >= 0.6 is 10.7 Å². The zero-order valence-corrected chi connectivity index (χ0v) is 11.5. The molecule has 2 rings (SSSR count). The highest BCUT2D eigenvalue weighted by Crippen LogP contribution is 2.34. The quantitative estimate of drug-likeness (QED) is 0.816. The molecule has 0 aromatic heterocycles. The summed E-state index contributed by atoms with van der Waals surface area (Å²) in [5, 5.41) is 0. The number of rotatable bonds is 3. The largest absolute Gasteiger partial charge is 0.496 e. The molecule has 0 amide bonds. The van der Waals surface area contributed by atoms with Crippen LogP contribution in [0, 0.1) is 5.82 Å². The standard InChI is InChI=1S/C13H10ClFO3S/c1-18-13-7-6-9(19(14,16)17)8-11(13)10-4-2-3-5-12(10)15/h2-8H,1H3. The average molecular weight is 301 g/mol. The molecule has 0 bridgehead atoms. The van der Waals surface area contributed by atoms with E-state index in [0.717, 1.165) is 0 Å². The molecule has 0 fully saturated rings. The van der Waals surface area contributed by atoms with Gasteiger partial charge in [-0.1, -0.05) is 18.2 Å². The molecule has 0 aliphatic carbocycles. The van der Waals surface area contributed by atoms with E-state index in [1.165, 1.54) is 37.4 Å². The molecule has 0 radical (unpaired) electrons. The molecule has 0 saturated carbocycles. The van der Waals surface area contributed by atoms with Crippen molar-refractivity contribution in [3.05, 3.63) is 48.3 Å². The van der Waals surface area contributed by atoms with Crippen molar-refractivity contribution in [1.82, 2.24) is 0 Å². The molecule has 2 aromatic rings. The second-order valence-corrected chi connectivity index (χ2v) is 6.35. The fraction of sp³-hybridized carbons (Fsp3) is 0.0769. The topological polar surface area (TPSA) is 43.4 Å². The first-order valence-corrected chi connectivity index (χ1v) is 7.62. The van der Waals surface area contributed by atoms with Crippen molar-refractivity contribution in [3.8, 4) is 16.9 Å². The van der Waals surface area contributed by atoms with Gasteiger partial charge in [0.25, 0.3) is 9.05 Å². The van der Waals surface area contributed by atoms with Crippen LogP contribution in [0.15, 0.2) is 47.4 Å². The Morgan fingerprint density at radius 3 is 2.37 bits per heavy atom. The van der Waals surface area contributed by atoms with Crippen molar-refractivity contribution < 1.29 is 17.5 Å². The van der Waals surface area contributed by atoms with Crippen LogP contribution in [0.1, 0.15) is 0 Å². The minimum atomic E-state index is -3.88. The predicted molar refractivity (Wildman–Crippen MR) is 71.4 cm³/mol. The van der Waals surface area contributed by atoms with Crippen molar-refractivity contribution in [2.24, 2.45) is 0 Å². The van der Waals surface area contributed by atoms with Crippen LogP contribution < -0.4 is 4.74 Å². The molecule has 6 heteroatoms. The summed E-state index contributed by atoms with van der Waals surface area (Å²) in [7, 11) is 2.84. The van der Waals surface area contributed by atoms with Crippen LogP contribution in [-0.2, 0) is 9.05 Å². The second kappa shape index (κ2) is 5.19. The first kappa shape index (κ1) is 13.8. The van der Waals surface area contributed by atoms with E-state index >= 15 is 0 Å². The minimum Gasteiger partial charge on any atom is -0.496 e. The number of hydrogen-bond donors (Lipinski definition) is 0. The van der Waals surface area contributed by atoms with Crippen LogP contribution in [0.4, 0.5) is 4.39 Å². The monoisotopic (exact) mass is 300 g/mol. The number of ether oxygens (including phenoxy) is 1. The molecule has 0 heterocycles. The molecule has 2 aromatic carbocycles. The van der Waals surface area contributed by atoms with Crippen LogP contribution in [-0.4, -0.2) is 15.5 Å². The molecule has 0 aliphatic heterocycles. The third-order valence-corrected chi connectivity index (χ3v) is 3.97. The Morgan fingerprint density at radius 1 is 1.11 bits per heavy atom. The number of hydrogen-bond acceptors (Lipinski definition) is 3. The predicted octanol–water partition coefficient (Wildman–Crippen LogP) is 3.43. The van der Waals surface area contributed by atoms with E-state index in [1.807, 2.05) is 0 Å². The average Bonchev–Trinajstić information content (AvgIpc) is 2.37. The van der Waals surface area contributed by atoms with Crippen molar-refractivity contribution in [3.63, 3.8) is 0 Å². The van der Waals surface area contributed by atoms with E-state index in [9.17, 15) is 12.8 Å². The minimum absolute atomic E-state index is 0.104. The number of benzene rings is 2. The Bertz CT molecular complexity index is 714. The lowest BCUT2D eigenvalue weighted by atomic mass is 10.0. The fourth-order valence-electron chi connectivity index (χ4n) is 1.73. The smallest absolute Gasteiger partial charge is 0.261 e. The maximum atomic E-state index is 13.8. The van der Waals surface area contributed by atoms with Crippen LogP contribution in [0.25, 0.3) is 11.1 Å². The number of methoxy groups -OCH3 is 1. The van der Waals surface area contributed by atoms with Gasteiger partial charge in [0.2, 0.25) is 0 Å². The van der Waals surface area contributed by atoms with Gasteiger partial charge in [0, 0.05) is 21.8 Å². The highest BCUT2D eigenvalue weighted by atomic mass is 35.7. The Balaban J connectivity index is 2.71. The van der Waals surface area contributed by atoms with E-state index < -0.39 is 14.9 Å². The van der Waals surface area contributed by atoms with Gasteiger partial charge in [-0.2, -0.15) is 0 Å². The molecule has 100 valence electrons. The maximum absolute atomic E-state index is 13.8. The van der Waals surface area contributed by atoms with Gasteiger partial charge in [0.05, 0.1) is 12.0 Å². The van der Waals surface area contributed by atoms with Crippen molar-refractivity contribution in [2.75, 3.05) is 7.11 Å². The Labute approximate surface area is 115 Å². The summed E-state index contributed by atoms with van der Waals surface area (Å²) in [6, 6.07) is 10.1. The van der Waals surface area contributed by atoms with E-state index in [-0.39, 0.29) is 10.5 Å². The Hall–Kier alpha value is -1.59. The summed E-state index contributed by atoms with van der Waals surface area (Å²) in [4.78, 5) is -0.104. The van der Waals surface area contributed by atoms with E-state index in [1.54, 1.807) is 12.1 Å². The highest BCUT2D eigenvalue weighted by molar-refractivity contribution is 8.13. The molecular formula is C13H10ClFO3S. The van der Waals surface area contributed by atoms with Crippen molar-refractivity contribution in [1.29, 1.82) is 0 Å². The summed E-state index contributed by atoms with van der Waals surface area (Å²) < 4.78 is 41.6. The molecule has 0 atom stereocenters. The molecule has 3 nitrogen and oxygen atoms in total. The fourth-order valence-corrected chi connectivity index (χ4v) is 2.51. The zero-order valence-electron chi connectivity index (χ0n) is 9.93. The Kier molecular flexibility index (Phi) is 3.78. The lowest BCUT2D eigenvalue weighted by molar-refractivity contribution is 0.416. The van der Waals surface area contributed by atoms with Gasteiger partial charge in [-0.05, 0) is 24.3 Å². The Morgan fingerprint density at radius 2 is 1.79 bits per heavy atom. The van der Waals surface area contributed by atoms with E-state index in [0.29, 0.717) is 11.3 Å². The third-order valence-electron chi connectivity index (χ3n) is 2.62. The van der Waals surface area contributed by atoms with Gasteiger partial charge in [-0.3, -0.25) is 0 Å². The first-order valence-electron chi connectivity index (χ1n) is 5.31. The van der Waals surface area contributed by atoms with Gasteiger partial charge < -0.3 is 4.74 Å². The van der Waals surface area contributed by atoms with Crippen molar-refractivity contribution >= 4 is 19.7 Å². The van der Waals surface area contributed by atoms with Crippen LogP contribution in [0.2, 0.25) is 0 Å². The molecular weight excluding hydrogens is 291 g/mol. The summed E-state index contributed by atoms with van der Waals surface area (Å²) in [6.07, 6.45) is 0. The molecule has 19 heavy (non-hydrogen) atoms. The second-order valence-electron chi connectivity index (χ2n) is 3.78. The first-order chi connectivity index (χ1) is 8.93. The SMILES string of the molecule is COc1ccc(S(=O)(=O)Cl)cc1-c1ccccc1F. The van der Waals surface area contributed by atoms with Gasteiger partial charge in [-0.25, -0.2) is 12.8 Å². The van der Waals surface area contributed by atoms with Gasteiger partial charge in [-0.15, -0.1) is 0 Å². The normalized spacial score (nSPS) is 11.3.